The van der Waals surface area contributed by atoms with Crippen molar-refractivity contribution in [1.82, 2.24) is 20.2 Å². The average molecular weight is 335 g/mol. The molecule has 0 saturated carbocycles. The van der Waals surface area contributed by atoms with E-state index in [1.54, 1.807) is 0 Å². The summed E-state index contributed by atoms with van der Waals surface area (Å²) in [6.07, 6.45) is 0.103. The first-order valence-corrected chi connectivity index (χ1v) is 7.41. The van der Waals surface area contributed by atoms with E-state index in [1.807, 2.05) is 6.92 Å². The van der Waals surface area contributed by atoms with E-state index in [0.29, 0.717) is 25.1 Å². The quantitative estimate of drug-likeness (QED) is 0.733. The molecule has 0 aromatic carbocycles. The summed E-state index contributed by atoms with van der Waals surface area (Å²) in [5.41, 5.74) is 0.699. The van der Waals surface area contributed by atoms with Gasteiger partial charge < -0.3 is 20.3 Å². The highest BCUT2D eigenvalue weighted by Gasteiger charge is 2.31. The van der Waals surface area contributed by atoms with E-state index in [4.69, 9.17) is 28.3 Å². The minimum absolute atomic E-state index is 0.140. The highest BCUT2D eigenvalue weighted by molar-refractivity contribution is 6.30. The van der Waals surface area contributed by atoms with Gasteiger partial charge in [0.25, 0.3) is 5.91 Å². The fourth-order valence-electron chi connectivity index (χ4n) is 2.21. The van der Waals surface area contributed by atoms with Crippen LogP contribution >= 0.6 is 23.2 Å². The van der Waals surface area contributed by atoms with Crippen LogP contribution in [0.25, 0.3) is 0 Å². The predicted molar refractivity (Wildman–Crippen MR) is 78.1 cm³/mol. The molecule has 1 aliphatic heterocycles. The number of halogens is 2. The lowest BCUT2D eigenvalue weighted by Crippen LogP contribution is -2.53. The number of carbonyl (C=O) groups is 2. The summed E-state index contributed by atoms with van der Waals surface area (Å²) in [6, 6.07) is -0.302. The average Bonchev–Trinajstić information content (AvgIpc) is 2.82. The molecule has 3 N–H and O–H groups in total. The van der Waals surface area contributed by atoms with Crippen molar-refractivity contribution in [3.8, 4) is 0 Å². The maximum atomic E-state index is 12.1. The Kier molecular flexibility index (Phi) is 4.95. The van der Waals surface area contributed by atoms with Gasteiger partial charge in [0.1, 0.15) is 0 Å². The van der Waals surface area contributed by atoms with Crippen molar-refractivity contribution in [2.24, 2.45) is 0 Å². The van der Waals surface area contributed by atoms with Crippen LogP contribution in [0.2, 0.25) is 5.15 Å². The molecule has 1 aromatic heterocycles. The van der Waals surface area contributed by atoms with E-state index in [-0.39, 0.29) is 23.6 Å². The van der Waals surface area contributed by atoms with Crippen LogP contribution in [-0.4, -0.2) is 56.5 Å². The van der Waals surface area contributed by atoms with Crippen molar-refractivity contribution < 1.29 is 14.7 Å². The smallest absolute Gasteiger partial charge is 0.407 e. The van der Waals surface area contributed by atoms with Crippen LogP contribution in [-0.2, 0) is 6.42 Å². The van der Waals surface area contributed by atoms with Crippen LogP contribution in [0.4, 0.5) is 4.79 Å². The van der Waals surface area contributed by atoms with Gasteiger partial charge >= 0.3 is 6.09 Å². The second-order valence-electron chi connectivity index (χ2n) is 4.82. The van der Waals surface area contributed by atoms with Gasteiger partial charge in [-0.1, -0.05) is 18.5 Å². The molecule has 2 atom stereocenters. The summed E-state index contributed by atoms with van der Waals surface area (Å²) in [5.74, 6) is -0.252. The molecule has 116 valence electrons. The van der Waals surface area contributed by atoms with E-state index >= 15 is 0 Å². The minimum atomic E-state index is -1.00. The van der Waals surface area contributed by atoms with Gasteiger partial charge in [0.15, 0.2) is 11.0 Å². The van der Waals surface area contributed by atoms with Crippen LogP contribution in [0.3, 0.4) is 0 Å². The number of alkyl halides is 1. The molecule has 0 spiro atoms. The number of aryl methyl sites for hydroxylation is 1. The molecule has 1 aromatic rings. The molecular weight excluding hydrogens is 319 g/mol. The summed E-state index contributed by atoms with van der Waals surface area (Å²) in [5, 5.41) is 11.5. The number of nitrogens with zero attached hydrogens (tertiary/aromatic N) is 2. The van der Waals surface area contributed by atoms with E-state index in [9.17, 15) is 9.59 Å². The zero-order chi connectivity index (χ0) is 15.6. The van der Waals surface area contributed by atoms with Gasteiger partial charge in [0.2, 0.25) is 0 Å². The molecule has 1 aliphatic rings. The zero-order valence-corrected chi connectivity index (χ0v) is 12.9. The van der Waals surface area contributed by atoms with Gasteiger partial charge in [0.05, 0.1) is 11.1 Å². The molecular formula is C12H16Cl2N4O3. The number of likely N-dealkylation sites (tertiary alicyclic amines) is 1. The Morgan fingerprint density at radius 3 is 2.81 bits per heavy atom. The number of amides is 2. The van der Waals surface area contributed by atoms with Crippen LogP contribution < -0.4 is 5.32 Å². The fraction of sp³-hybridized carbons (Fsp3) is 0.583. The van der Waals surface area contributed by atoms with Crippen LogP contribution in [0.5, 0.6) is 0 Å². The number of imidazole rings is 1. The lowest BCUT2D eigenvalue weighted by Gasteiger charge is -2.34. The number of aromatic nitrogens is 2. The maximum Gasteiger partial charge on any atom is 0.407 e. The highest BCUT2D eigenvalue weighted by Crippen LogP contribution is 2.18. The third-order valence-electron chi connectivity index (χ3n) is 3.43. The Hall–Kier alpha value is -1.47. The topological polar surface area (TPSA) is 98.3 Å². The van der Waals surface area contributed by atoms with Crippen molar-refractivity contribution in [3.05, 3.63) is 16.7 Å². The summed E-state index contributed by atoms with van der Waals surface area (Å²) >= 11 is 12.0. The standard InChI is InChI=1S/C12H16Cl2N4O3/c1-2-7-9(14)17-10(15-7)11(19)16-8-3-4-18(12(20)21)5-6(8)13/h6,8H,2-5H2,1H3,(H,15,17)(H,16,19)(H,20,21). The molecule has 0 bridgehead atoms. The normalized spacial score (nSPS) is 22.1. The van der Waals surface area contributed by atoms with Crippen molar-refractivity contribution in [2.75, 3.05) is 13.1 Å². The van der Waals surface area contributed by atoms with Crippen molar-refractivity contribution in [2.45, 2.75) is 31.2 Å². The molecule has 2 amide bonds. The summed E-state index contributed by atoms with van der Waals surface area (Å²) in [6.45, 7) is 2.42. The number of hydrogen-bond donors (Lipinski definition) is 3. The number of carbonyl (C=O) groups excluding carboxylic acids is 1. The number of nitrogens with one attached hydrogen (secondary N) is 2. The maximum absolute atomic E-state index is 12.1. The van der Waals surface area contributed by atoms with Crippen molar-refractivity contribution in [3.63, 3.8) is 0 Å². The molecule has 0 radical (unpaired) electrons. The van der Waals surface area contributed by atoms with Gasteiger partial charge in [-0.2, -0.15) is 0 Å². The van der Waals surface area contributed by atoms with E-state index in [2.05, 4.69) is 15.3 Å². The summed E-state index contributed by atoms with van der Waals surface area (Å²) in [4.78, 5) is 31.0. The number of carboxylic acid groups (broad SMARTS) is 1. The van der Waals surface area contributed by atoms with E-state index in [0.717, 1.165) is 0 Å². The monoisotopic (exact) mass is 334 g/mol. The first-order valence-electron chi connectivity index (χ1n) is 6.59. The fourth-order valence-corrected chi connectivity index (χ4v) is 2.83. The largest absolute Gasteiger partial charge is 0.465 e. The molecule has 1 fully saturated rings. The second-order valence-corrected chi connectivity index (χ2v) is 5.74. The third kappa shape index (κ3) is 3.59. The first-order chi connectivity index (χ1) is 9.92. The van der Waals surface area contributed by atoms with Crippen LogP contribution in [0.1, 0.15) is 29.7 Å². The summed E-state index contributed by atoms with van der Waals surface area (Å²) < 4.78 is 0. The number of piperidine rings is 1. The van der Waals surface area contributed by atoms with Crippen molar-refractivity contribution in [1.29, 1.82) is 0 Å². The summed E-state index contributed by atoms with van der Waals surface area (Å²) in [7, 11) is 0. The third-order valence-corrected chi connectivity index (χ3v) is 4.18. The Bertz CT molecular complexity index is 549. The Morgan fingerprint density at radius 2 is 2.29 bits per heavy atom. The van der Waals surface area contributed by atoms with Gasteiger partial charge in [-0.3, -0.25) is 4.79 Å². The molecule has 9 heteroatoms. The number of H-pyrrole nitrogens is 1. The van der Waals surface area contributed by atoms with Gasteiger partial charge in [0, 0.05) is 19.1 Å². The minimum Gasteiger partial charge on any atom is -0.465 e. The lowest BCUT2D eigenvalue weighted by molar-refractivity contribution is 0.0900. The highest BCUT2D eigenvalue weighted by atomic mass is 35.5. The van der Waals surface area contributed by atoms with Gasteiger partial charge in [-0.15, -0.1) is 11.6 Å². The molecule has 7 nitrogen and oxygen atoms in total. The van der Waals surface area contributed by atoms with Gasteiger partial charge in [-0.25, -0.2) is 9.78 Å². The first kappa shape index (κ1) is 15.9. The molecule has 1 saturated heterocycles. The van der Waals surface area contributed by atoms with Gasteiger partial charge in [-0.05, 0) is 12.8 Å². The lowest BCUT2D eigenvalue weighted by atomic mass is 10.0. The number of hydrogen-bond acceptors (Lipinski definition) is 3. The molecule has 2 heterocycles. The van der Waals surface area contributed by atoms with Crippen molar-refractivity contribution >= 4 is 35.2 Å². The Balaban J connectivity index is 1.98. The molecule has 0 aliphatic carbocycles. The molecule has 21 heavy (non-hydrogen) atoms. The number of rotatable bonds is 3. The SMILES string of the molecule is CCc1[nH]c(C(=O)NC2CCN(C(=O)O)CC2Cl)nc1Cl. The van der Waals surface area contributed by atoms with Crippen LogP contribution in [0, 0.1) is 0 Å². The Morgan fingerprint density at radius 1 is 1.57 bits per heavy atom. The Labute approximate surface area is 131 Å². The zero-order valence-electron chi connectivity index (χ0n) is 11.4. The van der Waals surface area contributed by atoms with E-state index < -0.39 is 17.4 Å². The second kappa shape index (κ2) is 6.53. The van der Waals surface area contributed by atoms with Crippen LogP contribution in [0.15, 0.2) is 0 Å². The number of aromatic amines is 1. The predicted octanol–water partition coefficient (Wildman–Crippen LogP) is 1.72. The van der Waals surface area contributed by atoms with E-state index in [1.165, 1.54) is 4.90 Å². The molecule has 2 rings (SSSR count). The molecule has 2 unspecified atom stereocenters.